The number of ether oxygens (including phenoxy) is 1. The molecule has 6 heteroatoms. The summed E-state index contributed by atoms with van der Waals surface area (Å²) in [5.74, 6) is -0.512. The zero-order chi connectivity index (χ0) is 14.3. The van der Waals surface area contributed by atoms with Gasteiger partial charge in [0.1, 0.15) is 6.04 Å². The molecule has 0 bridgehead atoms. The number of carbonyl (C=O) groups excluding carboxylic acids is 2. The molecule has 1 aromatic carbocycles. The van der Waals surface area contributed by atoms with Gasteiger partial charge >= 0.3 is 0 Å². The van der Waals surface area contributed by atoms with E-state index in [0.29, 0.717) is 6.54 Å². The van der Waals surface area contributed by atoms with E-state index >= 15 is 0 Å². The van der Waals surface area contributed by atoms with E-state index in [9.17, 15) is 9.59 Å². The summed E-state index contributed by atoms with van der Waals surface area (Å²) in [6.07, 6.45) is 0. The second kappa shape index (κ2) is 8.11. The molecule has 1 atom stereocenters. The summed E-state index contributed by atoms with van der Waals surface area (Å²) >= 11 is 2.22. The Morgan fingerprint density at radius 1 is 1.32 bits per heavy atom. The lowest BCUT2D eigenvalue weighted by molar-refractivity contribution is -0.129. The van der Waals surface area contributed by atoms with Gasteiger partial charge in [-0.3, -0.25) is 9.59 Å². The van der Waals surface area contributed by atoms with Crippen LogP contribution in [0.25, 0.3) is 0 Å². The number of rotatable bonds is 6. The second-order valence-electron chi connectivity index (χ2n) is 4.05. The van der Waals surface area contributed by atoms with E-state index in [1.807, 2.05) is 24.3 Å². The fourth-order valence-electron chi connectivity index (χ4n) is 1.51. The Kier molecular flexibility index (Phi) is 6.79. The molecule has 2 N–H and O–H groups in total. The quantitative estimate of drug-likeness (QED) is 0.730. The molecule has 0 aromatic heterocycles. The van der Waals surface area contributed by atoms with Gasteiger partial charge in [-0.1, -0.05) is 12.1 Å². The molecule has 104 valence electrons. The van der Waals surface area contributed by atoms with Crippen LogP contribution in [-0.2, 0) is 20.9 Å². The van der Waals surface area contributed by atoms with E-state index in [0.717, 1.165) is 9.13 Å². The Labute approximate surface area is 126 Å². The van der Waals surface area contributed by atoms with Crippen LogP contribution >= 0.6 is 22.6 Å². The lowest BCUT2D eigenvalue weighted by atomic mass is 10.2. The van der Waals surface area contributed by atoms with E-state index in [-0.39, 0.29) is 18.4 Å². The van der Waals surface area contributed by atoms with Crippen LogP contribution < -0.4 is 10.6 Å². The maximum Gasteiger partial charge on any atom is 0.245 e. The topological polar surface area (TPSA) is 67.4 Å². The molecule has 0 aliphatic rings. The molecular formula is C13H17IN2O3. The number of carbonyl (C=O) groups is 2. The number of amides is 2. The summed E-state index contributed by atoms with van der Waals surface area (Å²) in [5.41, 5.74) is 1.01. The number of nitrogens with one attached hydrogen (secondary N) is 2. The van der Waals surface area contributed by atoms with Gasteiger partial charge in [0.05, 0.1) is 6.61 Å². The van der Waals surface area contributed by atoms with Crippen molar-refractivity contribution in [2.75, 3.05) is 13.7 Å². The maximum absolute atomic E-state index is 11.9. The third-order valence-corrected chi connectivity index (χ3v) is 3.13. The minimum Gasteiger partial charge on any atom is -0.382 e. The van der Waals surface area contributed by atoms with Crippen LogP contribution in [0, 0.1) is 3.57 Å². The molecule has 1 aromatic rings. The number of halogens is 1. The predicted octanol–water partition coefficient (Wildman–Crippen LogP) is 1.06. The Morgan fingerprint density at radius 3 is 2.47 bits per heavy atom. The molecule has 0 saturated heterocycles. The lowest BCUT2D eigenvalue weighted by Crippen LogP contribution is -2.48. The molecule has 5 nitrogen and oxygen atoms in total. The third kappa shape index (κ3) is 6.02. The summed E-state index contributed by atoms with van der Waals surface area (Å²) < 4.78 is 6.06. The van der Waals surface area contributed by atoms with Crippen molar-refractivity contribution in [3.05, 3.63) is 33.4 Å². The van der Waals surface area contributed by atoms with Crippen LogP contribution in [0.3, 0.4) is 0 Å². The van der Waals surface area contributed by atoms with Crippen LogP contribution in [0.15, 0.2) is 24.3 Å². The summed E-state index contributed by atoms with van der Waals surface area (Å²) in [4.78, 5) is 22.9. The zero-order valence-electron chi connectivity index (χ0n) is 10.9. The molecule has 0 saturated carbocycles. The number of benzene rings is 1. The van der Waals surface area contributed by atoms with Crippen LogP contribution in [0.1, 0.15) is 12.5 Å². The molecule has 0 radical (unpaired) electrons. The molecular weight excluding hydrogens is 359 g/mol. The van der Waals surface area contributed by atoms with Gasteiger partial charge in [-0.05, 0) is 40.3 Å². The Balaban J connectivity index is 2.51. The standard InChI is InChI=1S/C13H17IN2O3/c1-9(17)16-12(8-19-2)13(18)15-7-10-3-5-11(14)6-4-10/h3-6,12H,7-8H2,1-2H3,(H,15,18)(H,16,17)/t12-/m0/s1. The number of hydrogen-bond donors (Lipinski definition) is 2. The second-order valence-corrected chi connectivity index (χ2v) is 5.30. The summed E-state index contributed by atoms with van der Waals surface area (Å²) in [5, 5.41) is 5.32. The minimum absolute atomic E-state index is 0.151. The first-order valence-corrected chi connectivity index (χ1v) is 6.89. The molecule has 0 fully saturated rings. The van der Waals surface area contributed by atoms with Crippen LogP contribution in [-0.4, -0.2) is 31.6 Å². The van der Waals surface area contributed by atoms with Crippen LogP contribution in [0.4, 0.5) is 0 Å². The Bertz CT molecular complexity index is 434. The van der Waals surface area contributed by atoms with Gasteiger partial charge in [0.15, 0.2) is 0 Å². The van der Waals surface area contributed by atoms with E-state index in [1.165, 1.54) is 14.0 Å². The fraction of sp³-hybridized carbons (Fsp3) is 0.385. The van der Waals surface area contributed by atoms with Gasteiger partial charge in [0.25, 0.3) is 0 Å². The van der Waals surface area contributed by atoms with Crippen molar-refractivity contribution in [2.24, 2.45) is 0 Å². The number of hydrogen-bond acceptors (Lipinski definition) is 3. The van der Waals surface area contributed by atoms with Gasteiger partial charge in [-0.25, -0.2) is 0 Å². The fourth-order valence-corrected chi connectivity index (χ4v) is 1.87. The van der Waals surface area contributed by atoms with Crippen molar-refractivity contribution in [2.45, 2.75) is 19.5 Å². The molecule has 0 spiro atoms. The minimum atomic E-state index is -0.661. The molecule has 19 heavy (non-hydrogen) atoms. The molecule has 1 rings (SSSR count). The molecule has 2 amide bonds. The van der Waals surface area contributed by atoms with Gasteiger partial charge in [0, 0.05) is 24.1 Å². The summed E-state index contributed by atoms with van der Waals surface area (Å²) in [7, 11) is 1.49. The van der Waals surface area contributed by atoms with Crippen molar-refractivity contribution in [1.29, 1.82) is 0 Å². The smallest absolute Gasteiger partial charge is 0.245 e. The van der Waals surface area contributed by atoms with E-state index in [4.69, 9.17) is 4.74 Å². The molecule has 0 aliphatic carbocycles. The van der Waals surface area contributed by atoms with Gasteiger partial charge < -0.3 is 15.4 Å². The normalized spacial score (nSPS) is 11.7. The first-order valence-electron chi connectivity index (χ1n) is 5.81. The highest BCUT2D eigenvalue weighted by Crippen LogP contribution is 2.06. The number of methoxy groups -OCH3 is 1. The molecule has 0 unspecified atom stereocenters. The lowest BCUT2D eigenvalue weighted by Gasteiger charge is -2.16. The first-order chi connectivity index (χ1) is 9.02. The van der Waals surface area contributed by atoms with Crippen molar-refractivity contribution < 1.29 is 14.3 Å². The van der Waals surface area contributed by atoms with E-state index in [2.05, 4.69) is 33.2 Å². The first kappa shape index (κ1) is 15.9. The predicted molar refractivity (Wildman–Crippen MR) is 80.5 cm³/mol. The highest BCUT2D eigenvalue weighted by atomic mass is 127. The van der Waals surface area contributed by atoms with Crippen molar-refractivity contribution in [3.8, 4) is 0 Å². The van der Waals surface area contributed by atoms with Crippen LogP contribution in [0.5, 0.6) is 0 Å². The van der Waals surface area contributed by atoms with Crippen molar-refractivity contribution >= 4 is 34.4 Å². The Morgan fingerprint density at radius 2 is 1.95 bits per heavy atom. The molecule has 0 aliphatic heterocycles. The Hall–Kier alpha value is -1.15. The largest absolute Gasteiger partial charge is 0.382 e. The zero-order valence-corrected chi connectivity index (χ0v) is 13.1. The van der Waals surface area contributed by atoms with Crippen molar-refractivity contribution in [3.63, 3.8) is 0 Å². The van der Waals surface area contributed by atoms with Crippen LogP contribution in [0.2, 0.25) is 0 Å². The summed E-state index contributed by atoms with van der Waals surface area (Å²) in [6, 6.07) is 7.19. The highest BCUT2D eigenvalue weighted by Gasteiger charge is 2.18. The third-order valence-electron chi connectivity index (χ3n) is 2.41. The summed E-state index contributed by atoms with van der Waals surface area (Å²) in [6.45, 7) is 1.95. The van der Waals surface area contributed by atoms with Gasteiger partial charge in [0.2, 0.25) is 11.8 Å². The SMILES string of the molecule is COC[C@H](NC(C)=O)C(=O)NCc1ccc(I)cc1. The monoisotopic (exact) mass is 376 g/mol. The average Bonchev–Trinajstić information content (AvgIpc) is 2.37. The molecule has 0 heterocycles. The van der Waals surface area contributed by atoms with E-state index < -0.39 is 6.04 Å². The van der Waals surface area contributed by atoms with E-state index in [1.54, 1.807) is 0 Å². The maximum atomic E-state index is 11.9. The van der Waals surface area contributed by atoms with Crippen molar-refractivity contribution in [1.82, 2.24) is 10.6 Å². The highest BCUT2D eigenvalue weighted by molar-refractivity contribution is 14.1. The van der Waals surface area contributed by atoms with Gasteiger partial charge in [-0.15, -0.1) is 0 Å². The average molecular weight is 376 g/mol. The van der Waals surface area contributed by atoms with Gasteiger partial charge in [-0.2, -0.15) is 0 Å².